The van der Waals surface area contributed by atoms with Crippen molar-refractivity contribution in [1.29, 1.82) is 0 Å². The van der Waals surface area contributed by atoms with E-state index in [2.05, 4.69) is 4.90 Å². The van der Waals surface area contributed by atoms with E-state index in [1.807, 2.05) is 4.90 Å². The SMILES string of the molecule is CC(C(=O)N(C)C(C)C(=O)O)N1CCN(c2ccc(F)cc2)CC1. The van der Waals surface area contributed by atoms with E-state index in [0.717, 1.165) is 18.8 Å². The molecule has 1 aliphatic heterocycles. The molecule has 0 radical (unpaired) electrons. The van der Waals surface area contributed by atoms with Gasteiger partial charge in [-0.3, -0.25) is 9.69 Å². The Balaban J connectivity index is 1.92. The highest BCUT2D eigenvalue weighted by molar-refractivity contribution is 5.86. The lowest BCUT2D eigenvalue weighted by atomic mass is 10.1. The third-order valence-electron chi connectivity index (χ3n) is 4.70. The van der Waals surface area contributed by atoms with Gasteiger partial charge in [-0.05, 0) is 38.1 Å². The number of aliphatic carboxylic acids is 1. The molecule has 1 aliphatic rings. The number of likely N-dealkylation sites (N-methyl/N-ethyl adjacent to an activating group) is 1. The van der Waals surface area contributed by atoms with Crippen molar-refractivity contribution in [2.45, 2.75) is 25.9 Å². The van der Waals surface area contributed by atoms with Gasteiger partial charge in [-0.25, -0.2) is 9.18 Å². The molecule has 2 unspecified atom stereocenters. The summed E-state index contributed by atoms with van der Waals surface area (Å²) >= 11 is 0. The van der Waals surface area contributed by atoms with E-state index in [9.17, 15) is 14.0 Å². The number of carbonyl (C=O) groups is 2. The minimum atomic E-state index is -1.01. The predicted octanol–water partition coefficient (Wildman–Crippen LogP) is 1.27. The van der Waals surface area contributed by atoms with Crippen LogP contribution in [0.2, 0.25) is 0 Å². The van der Waals surface area contributed by atoms with Gasteiger partial charge in [0.05, 0.1) is 6.04 Å². The number of amides is 1. The molecule has 0 aromatic heterocycles. The Bertz CT molecular complexity index is 585. The van der Waals surface area contributed by atoms with Crippen molar-refractivity contribution in [1.82, 2.24) is 9.80 Å². The second-order valence-corrected chi connectivity index (χ2v) is 6.14. The summed E-state index contributed by atoms with van der Waals surface area (Å²) in [5.41, 5.74) is 0.964. The molecule has 2 rings (SSSR count). The summed E-state index contributed by atoms with van der Waals surface area (Å²) in [7, 11) is 1.52. The molecule has 132 valence electrons. The zero-order valence-electron chi connectivity index (χ0n) is 14.3. The van der Waals surface area contributed by atoms with Gasteiger partial charge in [0, 0.05) is 38.9 Å². The van der Waals surface area contributed by atoms with Crippen molar-refractivity contribution >= 4 is 17.6 Å². The van der Waals surface area contributed by atoms with Crippen molar-refractivity contribution < 1.29 is 19.1 Å². The number of carboxylic acids is 1. The van der Waals surface area contributed by atoms with Crippen LogP contribution < -0.4 is 4.90 Å². The van der Waals surface area contributed by atoms with Gasteiger partial charge in [0.1, 0.15) is 11.9 Å². The van der Waals surface area contributed by atoms with Crippen molar-refractivity contribution in [2.75, 3.05) is 38.1 Å². The summed E-state index contributed by atoms with van der Waals surface area (Å²) in [5, 5.41) is 9.03. The fraction of sp³-hybridized carbons (Fsp3) is 0.529. The maximum absolute atomic E-state index is 13.0. The van der Waals surface area contributed by atoms with Gasteiger partial charge in [0.25, 0.3) is 0 Å². The molecule has 7 heteroatoms. The first kappa shape index (κ1) is 18.2. The summed E-state index contributed by atoms with van der Waals surface area (Å²) in [6.45, 7) is 6.17. The number of carboxylic acid groups (broad SMARTS) is 1. The fourth-order valence-electron chi connectivity index (χ4n) is 2.83. The maximum Gasteiger partial charge on any atom is 0.326 e. The number of hydrogen-bond acceptors (Lipinski definition) is 4. The van der Waals surface area contributed by atoms with E-state index >= 15 is 0 Å². The molecule has 0 spiro atoms. The topological polar surface area (TPSA) is 64.1 Å². The van der Waals surface area contributed by atoms with Gasteiger partial charge in [-0.15, -0.1) is 0 Å². The molecule has 6 nitrogen and oxygen atoms in total. The molecule has 2 atom stereocenters. The Labute approximate surface area is 141 Å². The highest BCUT2D eigenvalue weighted by Gasteiger charge is 2.31. The first-order valence-corrected chi connectivity index (χ1v) is 8.05. The molecule has 1 amide bonds. The molecule has 0 saturated carbocycles. The van der Waals surface area contributed by atoms with Crippen LogP contribution in [0.5, 0.6) is 0 Å². The van der Waals surface area contributed by atoms with Crippen LogP contribution in [0.15, 0.2) is 24.3 Å². The van der Waals surface area contributed by atoms with Crippen LogP contribution in [0, 0.1) is 5.82 Å². The molecule has 1 saturated heterocycles. The lowest BCUT2D eigenvalue weighted by Crippen LogP contribution is -2.55. The van der Waals surface area contributed by atoms with E-state index in [-0.39, 0.29) is 17.8 Å². The number of carbonyl (C=O) groups excluding carboxylic acids is 1. The number of rotatable bonds is 5. The van der Waals surface area contributed by atoms with Crippen molar-refractivity contribution in [3.63, 3.8) is 0 Å². The van der Waals surface area contributed by atoms with Crippen LogP contribution >= 0.6 is 0 Å². The standard InChI is InChI=1S/C17H24FN3O3/c1-12(16(22)19(3)13(2)17(23)24)20-8-10-21(11-9-20)15-6-4-14(18)5-7-15/h4-7,12-13H,8-11H2,1-3H3,(H,23,24). The van der Waals surface area contributed by atoms with Crippen LogP contribution in [-0.4, -0.2) is 72.1 Å². The Morgan fingerprint density at radius 3 is 2.17 bits per heavy atom. The predicted molar refractivity (Wildman–Crippen MR) is 89.5 cm³/mol. The molecular weight excluding hydrogens is 313 g/mol. The molecule has 0 aliphatic carbocycles. The molecule has 0 bridgehead atoms. The highest BCUT2D eigenvalue weighted by Crippen LogP contribution is 2.18. The van der Waals surface area contributed by atoms with Gasteiger partial charge in [0.2, 0.25) is 5.91 Å². The summed E-state index contributed by atoms with van der Waals surface area (Å²) in [6, 6.07) is 5.17. The fourth-order valence-corrected chi connectivity index (χ4v) is 2.83. The van der Waals surface area contributed by atoms with Gasteiger partial charge in [-0.1, -0.05) is 0 Å². The van der Waals surface area contributed by atoms with E-state index in [1.54, 1.807) is 19.1 Å². The van der Waals surface area contributed by atoms with Crippen LogP contribution in [0.1, 0.15) is 13.8 Å². The Kier molecular flexibility index (Phi) is 5.77. The number of benzene rings is 1. The van der Waals surface area contributed by atoms with Gasteiger partial charge in [-0.2, -0.15) is 0 Å². The zero-order valence-corrected chi connectivity index (χ0v) is 14.3. The van der Waals surface area contributed by atoms with E-state index in [0.29, 0.717) is 13.1 Å². The lowest BCUT2D eigenvalue weighted by Gasteiger charge is -2.39. The van der Waals surface area contributed by atoms with Crippen LogP contribution in [0.25, 0.3) is 0 Å². The summed E-state index contributed by atoms with van der Waals surface area (Å²) in [4.78, 5) is 28.9. The minimum Gasteiger partial charge on any atom is -0.480 e. The Morgan fingerprint density at radius 2 is 1.67 bits per heavy atom. The van der Waals surface area contributed by atoms with Gasteiger partial charge in [0.15, 0.2) is 0 Å². The van der Waals surface area contributed by atoms with E-state index in [1.165, 1.54) is 31.0 Å². The third-order valence-corrected chi connectivity index (χ3v) is 4.70. The summed E-state index contributed by atoms with van der Waals surface area (Å²) < 4.78 is 13.0. The minimum absolute atomic E-state index is 0.194. The molecule has 1 fully saturated rings. The first-order chi connectivity index (χ1) is 11.3. The normalized spacial score (nSPS) is 18.1. The van der Waals surface area contributed by atoms with Crippen molar-refractivity contribution in [3.8, 4) is 0 Å². The molecule has 1 heterocycles. The Morgan fingerprint density at radius 1 is 1.12 bits per heavy atom. The van der Waals surface area contributed by atoms with Crippen molar-refractivity contribution in [2.24, 2.45) is 0 Å². The zero-order chi connectivity index (χ0) is 17.9. The first-order valence-electron chi connectivity index (χ1n) is 8.05. The average Bonchev–Trinajstić information content (AvgIpc) is 2.60. The van der Waals surface area contributed by atoms with Crippen LogP contribution in [-0.2, 0) is 9.59 Å². The quantitative estimate of drug-likeness (QED) is 0.877. The number of piperazine rings is 1. The van der Waals surface area contributed by atoms with Gasteiger partial charge < -0.3 is 14.9 Å². The summed E-state index contributed by atoms with van der Waals surface area (Å²) in [6.07, 6.45) is 0. The molecular formula is C17H24FN3O3. The largest absolute Gasteiger partial charge is 0.480 e. The molecule has 1 N–H and O–H groups in total. The number of halogens is 1. The maximum atomic E-state index is 13.0. The monoisotopic (exact) mass is 337 g/mol. The van der Waals surface area contributed by atoms with E-state index < -0.39 is 12.0 Å². The third kappa shape index (κ3) is 4.03. The van der Waals surface area contributed by atoms with E-state index in [4.69, 9.17) is 5.11 Å². The molecule has 24 heavy (non-hydrogen) atoms. The average molecular weight is 337 g/mol. The van der Waals surface area contributed by atoms with Gasteiger partial charge >= 0.3 is 5.97 Å². The second kappa shape index (κ2) is 7.61. The van der Waals surface area contributed by atoms with Crippen LogP contribution in [0.3, 0.4) is 0 Å². The molecule has 1 aromatic carbocycles. The van der Waals surface area contributed by atoms with Crippen LogP contribution in [0.4, 0.5) is 10.1 Å². The lowest BCUT2D eigenvalue weighted by molar-refractivity contribution is -0.150. The number of hydrogen-bond donors (Lipinski definition) is 1. The number of nitrogens with zero attached hydrogens (tertiary/aromatic N) is 3. The second-order valence-electron chi connectivity index (χ2n) is 6.14. The van der Waals surface area contributed by atoms with Crippen molar-refractivity contribution in [3.05, 3.63) is 30.1 Å². The highest BCUT2D eigenvalue weighted by atomic mass is 19.1. The smallest absolute Gasteiger partial charge is 0.326 e. The Hall–Kier alpha value is -2.15. The molecule has 1 aromatic rings. The number of anilines is 1. The summed E-state index contributed by atoms with van der Waals surface area (Å²) in [5.74, 6) is -1.47.